The highest BCUT2D eigenvalue weighted by Gasteiger charge is 2.22. The molecule has 1 saturated heterocycles. The summed E-state index contributed by atoms with van der Waals surface area (Å²) in [4.78, 5) is 16.6. The predicted octanol–water partition coefficient (Wildman–Crippen LogP) is 1.85. The van der Waals surface area contributed by atoms with Crippen LogP contribution in [-0.4, -0.2) is 46.8 Å². The van der Waals surface area contributed by atoms with Crippen molar-refractivity contribution in [3.05, 3.63) is 47.8 Å². The number of aromatic nitrogens is 2. The van der Waals surface area contributed by atoms with Crippen molar-refractivity contribution in [3.8, 4) is 0 Å². The lowest BCUT2D eigenvalue weighted by Gasteiger charge is -2.37. The van der Waals surface area contributed by atoms with Gasteiger partial charge in [-0.3, -0.25) is 9.48 Å². The largest absolute Gasteiger partial charge is 0.368 e. The van der Waals surface area contributed by atoms with Crippen molar-refractivity contribution in [1.82, 2.24) is 14.7 Å². The number of hydrogen-bond donors (Lipinski definition) is 0. The number of amides is 1. The number of benzene rings is 1. The van der Waals surface area contributed by atoms with Crippen LogP contribution in [0.2, 0.25) is 0 Å². The second-order valence-electron chi connectivity index (χ2n) is 5.86. The van der Waals surface area contributed by atoms with Gasteiger partial charge in [-0.2, -0.15) is 5.10 Å². The molecule has 0 atom stereocenters. The van der Waals surface area contributed by atoms with Gasteiger partial charge >= 0.3 is 0 Å². The van der Waals surface area contributed by atoms with Gasteiger partial charge in [-0.25, -0.2) is 0 Å². The molecule has 0 unspecified atom stereocenters. The van der Waals surface area contributed by atoms with Gasteiger partial charge in [0.1, 0.15) is 6.54 Å². The van der Waals surface area contributed by atoms with Gasteiger partial charge in [-0.15, -0.1) is 0 Å². The summed E-state index contributed by atoms with van der Waals surface area (Å²) in [6.45, 7) is 7.90. The monoisotopic (exact) mass is 298 g/mol. The van der Waals surface area contributed by atoms with Crippen LogP contribution in [0.3, 0.4) is 0 Å². The Morgan fingerprint density at radius 1 is 1.18 bits per heavy atom. The molecule has 0 N–H and O–H groups in total. The van der Waals surface area contributed by atoms with E-state index in [1.807, 2.05) is 17.2 Å². The number of nitrogens with zero attached hydrogens (tertiary/aromatic N) is 4. The van der Waals surface area contributed by atoms with Crippen molar-refractivity contribution in [2.45, 2.75) is 20.4 Å². The van der Waals surface area contributed by atoms with Crippen LogP contribution < -0.4 is 4.90 Å². The fourth-order valence-corrected chi connectivity index (χ4v) is 2.89. The molecular weight excluding hydrogens is 276 g/mol. The molecule has 1 amide bonds. The van der Waals surface area contributed by atoms with Gasteiger partial charge in [0.05, 0.1) is 0 Å². The molecule has 0 aliphatic carbocycles. The highest BCUT2D eigenvalue weighted by atomic mass is 16.2. The van der Waals surface area contributed by atoms with Crippen molar-refractivity contribution in [2.75, 3.05) is 31.1 Å². The standard InChI is InChI=1S/C17H22N4O/c1-14-4-5-15(2)16(12-14)19-8-10-20(11-9-19)17(22)13-21-7-3-6-18-21/h3-7,12H,8-11,13H2,1-2H3. The number of carbonyl (C=O) groups is 1. The molecule has 1 aliphatic rings. The molecule has 1 fully saturated rings. The molecule has 5 heteroatoms. The average molecular weight is 298 g/mol. The fourth-order valence-electron chi connectivity index (χ4n) is 2.89. The Kier molecular flexibility index (Phi) is 4.13. The summed E-state index contributed by atoms with van der Waals surface area (Å²) in [5.41, 5.74) is 3.86. The van der Waals surface area contributed by atoms with E-state index in [1.54, 1.807) is 10.9 Å². The van der Waals surface area contributed by atoms with Crippen LogP contribution in [0.1, 0.15) is 11.1 Å². The van der Waals surface area contributed by atoms with Gasteiger partial charge in [0, 0.05) is 44.3 Å². The number of piperazine rings is 1. The molecule has 0 bridgehead atoms. The molecule has 2 heterocycles. The number of aryl methyl sites for hydroxylation is 2. The summed E-state index contributed by atoms with van der Waals surface area (Å²) in [7, 11) is 0. The molecule has 5 nitrogen and oxygen atoms in total. The highest BCUT2D eigenvalue weighted by molar-refractivity contribution is 5.76. The molecule has 0 saturated carbocycles. The zero-order valence-electron chi connectivity index (χ0n) is 13.2. The maximum atomic E-state index is 12.3. The first-order chi connectivity index (χ1) is 10.6. The lowest BCUT2D eigenvalue weighted by Crippen LogP contribution is -2.49. The van der Waals surface area contributed by atoms with E-state index in [0.29, 0.717) is 6.54 Å². The minimum absolute atomic E-state index is 0.143. The number of anilines is 1. The SMILES string of the molecule is Cc1ccc(C)c(N2CCN(C(=O)Cn3cccn3)CC2)c1. The molecule has 0 radical (unpaired) electrons. The van der Waals surface area contributed by atoms with Gasteiger partial charge in [0.25, 0.3) is 0 Å². The first-order valence-corrected chi connectivity index (χ1v) is 7.71. The maximum Gasteiger partial charge on any atom is 0.244 e. The van der Waals surface area contributed by atoms with E-state index in [2.05, 4.69) is 42.0 Å². The molecule has 2 aromatic rings. The van der Waals surface area contributed by atoms with E-state index in [9.17, 15) is 4.79 Å². The normalized spacial score (nSPS) is 15.2. The fraction of sp³-hybridized carbons (Fsp3) is 0.412. The van der Waals surface area contributed by atoms with Crippen LogP contribution in [0.15, 0.2) is 36.7 Å². The number of rotatable bonds is 3. The molecule has 0 spiro atoms. The number of carbonyl (C=O) groups excluding carboxylic acids is 1. The van der Waals surface area contributed by atoms with Crippen LogP contribution in [-0.2, 0) is 11.3 Å². The van der Waals surface area contributed by atoms with Crippen molar-refractivity contribution in [2.24, 2.45) is 0 Å². The molecule has 116 valence electrons. The highest BCUT2D eigenvalue weighted by Crippen LogP contribution is 2.22. The quantitative estimate of drug-likeness (QED) is 0.868. The van der Waals surface area contributed by atoms with Gasteiger partial charge < -0.3 is 9.80 Å². The minimum atomic E-state index is 0.143. The molecule has 1 aliphatic heterocycles. The zero-order chi connectivity index (χ0) is 15.5. The topological polar surface area (TPSA) is 41.4 Å². The molecule has 3 rings (SSSR count). The van der Waals surface area contributed by atoms with Gasteiger partial charge in [0.2, 0.25) is 5.91 Å². The second-order valence-corrected chi connectivity index (χ2v) is 5.86. The summed E-state index contributed by atoms with van der Waals surface area (Å²) in [5.74, 6) is 0.143. The smallest absolute Gasteiger partial charge is 0.244 e. The van der Waals surface area contributed by atoms with Crippen molar-refractivity contribution >= 4 is 11.6 Å². The Bertz CT molecular complexity index is 643. The summed E-state index contributed by atoms with van der Waals surface area (Å²) >= 11 is 0. The van der Waals surface area contributed by atoms with E-state index >= 15 is 0 Å². The summed E-state index contributed by atoms with van der Waals surface area (Å²) in [6.07, 6.45) is 3.52. The summed E-state index contributed by atoms with van der Waals surface area (Å²) < 4.78 is 1.68. The third-order valence-corrected chi connectivity index (χ3v) is 4.19. The molecule has 22 heavy (non-hydrogen) atoms. The van der Waals surface area contributed by atoms with Crippen molar-refractivity contribution in [3.63, 3.8) is 0 Å². The second kappa shape index (κ2) is 6.22. The van der Waals surface area contributed by atoms with Gasteiger partial charge in [0.15, 0.2) is 0 Å². The zero-order valence-corrected chi connectivity index (χ0v) is 13.2. The van der Waals surface area contributed by atoms with E-state index < -0.39 is 0 Å². The van der Waals surface area contributed by atoms with Crippen molar-refractivity contribution in [1.29, 1.82) is 0 Å². The van der Waals surface area contributed by atoms with Crippen LogP contribution in [0.4, 0.5) is 5.69 Å². The molecule has 1 aromatic carbocycles. The van der Waals surface area contributed by atoms with Crippen LogP contribution in [0.5, 0.6) is 0 Å². The first kappa shape index (κ1) is 14.6. The number of hydrogen-bond acceptors (Lipinski definition) is 3. The van der Waals surface area contributed by atoms with Crippen molar-refractivity contribution < 1.29 is 4.79 Å². The molecule has 1 aromatic heterocycles. The van der Waals surface area contributed by atoms with Crippen LogP contribution in [0.25, 0.3) is 0 Å². The van der Waals surface area contributed by atoms with E-state index in [-0.39, 0.29) is 5.91 Å². The van der Waals surface area contributed by atoms with Gasteiger partial charge in [-0.1, -0.05) is 12.1 Å². The van der Waals surface area contributed by atoms with Crippen LogP contribution >= 0.6 is 0 Å². The van der Waals surface area contributed by atoms with E-state index in [4.69, 9.17) is 0 Å². The summed E-state index contributed by atoms with van der Waals surface area (Å²) in [6, 6.07) is 8.38. The Labute approximate surface area is 131 Å². The minimum Gasteiger partial charge on any atom is -0.368 e. The Morgan fingerprint density at radius 2 is 1.95 bits per heavy atom. The average Bonchev–Trinajstić information content (AvgIpc) is 3.03. The predicted molar refractivity (Wildman–Crippen MR) is 86.9 cm³/mol. The van der Waals surface area contributed by atoms with Gasteiger partial charge in [-0.05, 0) is 37.1 Å². The Morgan fingerprint density at radius 3 is 2.64 bits per heavy atom. The third kappa shape index (κ3) is 3.13. The third-order valence-electron chi connectivity index (χ3n) is 4.19. The summed E-state index contributed by atoms with van der Waals surface area (Å²) in [5, 5.41) is 4.09. The van der Waals surface area contributed by atoms with Crippen LogP contribution in [0, 0.1) is 13.8 Å². The lowest BCUT2D eigenvalue weighted by atomic mass is 10.1. The lowest BCUT2D eigenvalue weighted by molar-refractivity contribution is -0.132. The first-order valence-electron chi connectivity index (χ1n) is 7.71. The van der Waals surface area contributed by atoms with E-state index in [1.165, 1.54) is 16.8 Å². The Hall–Kier alpha value is -2.30. The van der Waals surface area contributed by atoms with E-state index in [0.717, 1.165) is 26.2 Å². The Balaban J connectivity index is 1.60. The molecular formula is C17H22N4O. The maximum absolute atomic E-state index is 12.3.